The molecule has 0 radical (unpaired) electrons. The third kappa shape index (κ3) is 3.89. The number of thiazole rings is 1. The molecule has 0 bridgehead atoms. The highest BCUT2D eigenvalue weighted by atomic mass is 32.1. The molecule has 1 amide bonds. The molecule has 1 N–H and O–H groups in total. The van der Waals surface area contributed by atoms with Crippen molar-refractivity contribution in [3.8, 4) is 0 Å². The minimum absolute atomic E-state index is 0.102. The molecule has 102 valence electrons. The predicted molar refractivity (Wildman–Crippen MR) is 74.4 cm³/mol. The highest BCUT2D eigenvalue weighted by Crippen LogP contribution is 2.21. The first-order chi connectivity index (χ1) is 9.04. The maximum Gasteiger partial charge on any atom is 0.223 e. The monoisotopic (exact) mass is 279 g/mol. The van der Waals surface area contributed by atoms with Crippen LogP contribution in [0, 0.1) is 0 Å². The van der Waals surface area contributed by atoms with Gasteiger partial charge in [0.05, 0.1) is 6.20 Å². The van der Waals surface area contributed by atoms with Crippen molar-refractivity contribution in [2.24, 2.45) is 0 Å². The van der Waals surface area contributed by atoms with Crippen LogP contribution in [0.3, 0.4) is 0 Å². The third-order valence-corrected chi connectivity index (χ3v) is 3.53. The number of aryl methyl sites for hydroxylation is 2. The summed E-state index contributed by atoms with van der Waals surface area (Å²) in [4.78, 5) is 20.4. The lowest BCUT2D eigenvalue weighted by Gasteiger charge is -1.97. The summed E-state index contributed by atoms with van der Waals surface area (Å²) < 4.78 is 5.64. The predicted octanol–water partition coefficient (Wildman–Crippen LogP) is 3.00. The van der Waals surface area contributed by atoms with Gasteiger partial charge in [-0.05, 0) is 6.42 Å². The van der Waals surface area contributed by atoms with Crippen LogP contribution in [0.2, 0.25) is 0 Å². The Hall–Kier alpha value is -1.69. The van der Waals surface area contributed by atoms with Gasteiger partial charge in [0, 0.05) is 30.3 Å². The van der Waals surface area contributed by atoms with Gasteiger partial charge in [-0.1, -0.05) is 13.8 Å². The normalized spacial score (nSPS) is 10.9. The smallest absolute Gasteiger partial charge is 0.223 e. The molecule has 2 rings (SSSR count). The molecule has 0 aromatic carbocycles. The van der Waals surface area contributed by atoms with E-state index in [0.29, 0.717) is 11.0 Å². The van der Waals surface area contributed by atoms with Crippen LogP contribution in [0.4, 0.5) is 5.13 Å². The molecule has 0 fully saturated rings. The summed E-state index contributed by atoms with van der Waals surface area (Å²) in [5.74, 6) is 1.92. The van der Waals surface area contributed by atoms with Gasteiger partial charge in [-0.15, -0.1) is 11.3 Å². The molecule has 6 heteroatoms. The van der Waals surface area contributed by atoms with E-state index in [1.54, 1.807) is 12.4 Å². The van der Waals surface area contributed by atoms with Gasteiger partial charge in [0.1, 0.15) is 5.76 Å². The fraction of sp³-hybridized carbons (Fsp3) is 0.462. The minimum Gasteiger partial charge on any atom is -0.445 e. The van der Waals surface area contributed by atoms with Crippen LogP contribution in [-0.2, 0) is 17.6 Å². The summed E-state index contributed by atoms with van der Waals surface area (Å²) in [6.07, 6.45) is 5.13. The van der Waals surface area contributed by atoms with Gasteiger partial charge < -0.3 is 9.73 Å². The van der Waals surface area contributed by atoms with Gasteiger partial charge in [-0.3, -0.25) is 4.79 Å². The van der Waals surface area contributed by atoms with Crippen molar-refractivity contribution >= 4 is 22.4 Å². The zero-order valence-corrected chi connectivity index (χ0v) is 12.1. The molecule has 2 heterocycles. The summed E-state index contributed by atoms with van der Waals surface area (Å²) in [6.45, 7) is 5.63. The van der Waals surface area contributed by atoms with E-state index >= 15 is 0 Å². The molecule has 0 aliphatic rings. The highest BCUT2D eigenvalue weighted by molar-refractivity contribution is 7.15. The second-order valence-corrected chi connectivity index (χ2v) is 5.74. The lowest BCUT2D eigenvalue weighted by Crippen LogP contribution is -2.04. The Bertz CT molecular complexity index is 560. The van der Waals surface area contributed by atoms with Gasteiger partial charge in [0.15, 0.2) is 11.0 Å². The first kappa shape index (κ1) is 13.7. The van der Waals surface area contributed by atoms with E-state index in [4.69, 9.17) is 4.42 Å². The molecule has 0 atom stereocenters. The first-order valence-corrected chi connectivity index (χ1v) is 7.03. The number of rotatable bonds is 5. The number of anilines is 1. The van der Waals surface area contributed by atoms with E-state index in [1.165, 1.54) is 18.3 Å². The molecule has 0 aliphatic carbocycles. The molecule has 0 aliphatic heterocycles. The number of carbonyl (C=O) groups excluding carboxylic acids is 1. The Morgan fingerprint density at radius 2 is 2.16 bits per heavy atom. The number of hydrogen-bond donors (Lipinski definition) is 1. The zero-order chi connectivity index (χ0) is 13.8. The molecule has 2 aromatic rings. The minimum atomic E-state index is -0.102. The molecule has 2 aromatic heterocycles. The number of carbonyl (C=O) groups is 1. The van der Waals surface area contributed by atoms with Crippen molar-refractivity contribution in [3.05, 3.63) is 28.9 Å². The number of hydrogen-bond acceptors (Lipinski definition) is 5. The molecule has 5 nitrogen and oxygen atoms in total. The molecule has 0 spiro atoms. The fourth-order valence-electron chi connectivity index (χ4n) is 1.57. The Labute approximate surface area is 116 Å². The lowest BCUT2D eigenvalue weighted by molar-refractivity contribution is -0.114. The molecular formula is C13H17N3O2S. The maximum absolute atomic E-state index is 10.9. The van der Waals surface area contributed by atoms with Crippen LogP contribution < -0.4 is 5.32 Å². The Morgan fingerprint density at radius 1 is 1.37 bits per heavy atom. The van der Waals surface area contributed by atoms with Crippen LogP contribution in [0.25, 0.3) is 0 Å². The summed E-state index contributed by atoms with van der Waals surface area (Å²) in [5, 5.41) is 3.31. The SMILES string of the molecule is CC(=O)Nc1ncc(CCc2ncc(C(C)C)o2)s1. The van der Waals surface area contributed by atoms with Crippen LogP contribution in [-0.4, -0.2) is 15.9 Å². The van der Waals surface area contributed by atoms with Gasteiger partial charge >= 0.3 is 0 Å². The number of amides is 1. The van der Waals surface area contributed by atoms with Crippen molar-refractivity contribution < 1.29 is 9.21 Å². The lowest BCUT2D eigenvalue weighted by atomic mass is 10.2. The highest BCUT2D eigenvalue weighted by Gasteiger charge is 2.09. The first-order valence-electron chi connectivity index (χ1n) is 6.21. The fourth-order valence-corrected chi connectivity index (χ4v) is 2.43. The standard InChI is InChI=1S/C13H17N3O2S/c1-8(2)11-7-14-12(18-11)5-4-10-6-15-13(19-10)16-9(3)17/h6-8H,4-5H2,1-3H3,(H,15,16,17). The maximum atomic E-state index is 10.9. The Morgan fingerprint density at radius 3 is 2.79 bits per heavy atom. The third-order valence-electron chi connectivity index (χ3n) is 2.56. The van der Waals surface area contributed by atoms with E-state index in [2.05, 4.69) is 29.1 Å². The van der Waals surface area contributed by atoms with Crippen LogP contribution in [0.1, 0.15) is 43.2 Å². The van der Waals surface area contributed by atoms with E-state index < -0.39 is 0 Å². The van der Waals surface area contributed by atoms with Gasteiger partial charge in [-0.25, -0.2) is 9.97 Å². The van der Waals surface area contributed by atoms with Crippen molar-refractivity contribution in [1.29, 1.82) is 0 Å². The molecule has 0 unspecified atom stereocenters. The number of nitrogens with zero attached hydrogens (tertiary/aromatic N) is 2. The Balaban J connectivity index is 1.90. The number of aromatic nitrogens is 2. The van der Waals surface area contributed by atoms with E-state index in [-0.39, 0.29) is 5.91 Å². The largest absolute Gasteiger partial charge is 0.445 e. The van der Waals surface area contributed by atoms with Gasteiger partial charge in [0.2, 0.25) is 5.91 Å². The summed E-state index contributed by atoms with van der Waals surface area (Å²) in [7, 11) is 0. The second-order valence-electron chi connectivity index (χ2n) is 4.62. The number of nitrogens with one attached hydrogen (secondary N) is 1. The van der Waals surface area contributed by atoms with Crippen LogP contribution in [0.15, 0.2) is 16.8 Å². The zero-order valence-electron chi connectivity index (χ0n) is 11.3. The van der Waals surface area contributed by atoms with E-state index in [0.717, 1.165) is 29.4 Å². The summed E-state index contributed by atoms with van der Waals surface area (Å²) in [6, 6.07) is 0. The summed E-state index contributed by atoms with van der Waals surface area (Å²) in [5.41, 5.74) is 0. The van der Waals surface area contributed by atoms with Crippen molar-refractivity contribution in [2.75, 3.05) is 5.32 Å². The molecule has 0 saturated heterocycles. The van der Waals surface area contributed by atoms with Crippen LogP contribution >= 0.6 is 11.3 Å². The summed E-state index contributed by atoms with van der Waals surface area (Å²) >= 11 is 1.48. The second kappa shape index (κ2) is 5.97. The average Bonchev–Trinajstić information content (AvgIpc) is 2.94. The molecule has 19 heavy (non-hydrogen) atoms. The van der Waals surface area contributed by atoms with E-state index in [1.807, 2.05) is 0 Å². The van der Waals surface area contributed by atoms with Crippen molar-refractivity contribution in [3.63, 3.8) is 0 Å². The molecular weight excluding hydrogens is 262 g/mol. The quantitative estimate of drug-likeness (QED) is 0.913. The average molecular weight is 279 g/mol. The van der Waals surface area contributed by atoms with Crippen molar-refractivity contribution in [2.45, 2.75) is 39.5 Å². The van der Waals surface area contributed by atoms with Crippen molar-refractivity contribution in [1.82, 2.24) is 9.97 Å². The number of oxazole rings is 1. The molecule has 0 saturated carbocycles. The van der Waals surface area contributed by atoms with E-state index in [9.17, 15) is 4.79 Å². The Kier molecular flexibility index (Phi) is 4.31. The van der Waals surface area contributed by atoms with Gasteiger partial charge in [-0.2, -0.15) is 0 Å². The van der Waals surface area contributed by atoms with Crippen LogP contribution in [0.5, 0.6) is 0 Å². The topological polar surface area (TPSA) is 68.0 Å². The van der Waals surface area contributed by atoms with Gasteiger partial charge in [0.25, 0.3) is 0 Å².